The van der Waals surface area contributed by atoms with Crippen LogP contribution in [-0.2, 0) is 23.9 Å². The fourth-order valence-corrected chi connectivity index (χ4v) is 4.60. The van der Waals surface area contributed by atoms with Crippen LogP contribution in [0.5, 0.6) is 0 Å². The van der Waals surface area contributed by atoms with Gasteiger partial charge < -0.3 is 9.88 Å². The Morgan fingerprint density at radius 3 is 2.51 bits per heavy atom. The molecule has 10 heteroatoms. The smallest absolute Gasteiger partial charge is 0.263 e. The summed E-state index contributed by atoms with van der Waals surface area (Å²) >= 11 is 0. The monoisotopic (exact) mass is 546 g/mol. The first-order chi connectivity index (χ1) is 18.7. The van der Waals surface area contributed by atoms with Gasteiger partial charge in [0.2, 0.25) is 5.43 Å². The molecule has 0 aliphatic heterocycles. The molecule has 0 fully saturated rings. The molecule has 0 saturated carbocycles. The van der Waals surface area contributed by atoms with Crippen molar-refractivity contribution in [1.82, 2.24) is 14.9 Å². The predicted molar refractivity (Wildman–Crippen MR) is 144 cm³/mol. The predicted octanol–water partition coefficient (Wildman–Crippen LogP) is 4.74. The Bertz CT molecular complexity index is 1640. The minimum atomic E-state index is -2.72. The summed E-state index contributed by atoms with van der Waals surface area (Å²) < 4.78 is 40.2. The molecule has 7 nitrogen and oxygen atoms in total. The van der Waals surface area contributed by atoms with E-state index in [4.69, 9.17) is 5.26 Å². The number of benzene rings is 2. The zero-order valence-corrected chi connectivity index (χ0v) is 22.0. The standard InChI is InChI=1S/C29H24F2N4O3S/c1-18-26(21-4-3-5-22(12-21)28(30)31)27(36)25(17-35(18)16-23-9-6-20(13-32)15-33-23)29(37)34-14-19-7-10-24(11-8-19)39(2)38/h3-12,15,17,28H,14,16H2,1-2H3,(H,34,37). The highest BCUT2D eigenvalue weighted by molar-refractivity contribution is 7.84. The van der Waals surface area contributed by atoms with Crippen molar-refractivity contribution < 1.29 is 17.8 Å². The number of amides is 1. The van der Waals surface area contributed by atoms with Crippen molar-refractivity contribution in [2.75, 3.05) is 6.26 Å². The SMILES string of the molecule is Cc1c(-c2cccc(C(F)F)c2)c(=O)c(C(=O)NCc2ccc(S(C)=O)cc2)cn1Cc1ccc(C#N)cn1. The topological polar surface area (TPSA) is 105 Å². The maximum Gasteiger partial charge on any atom is 0.263 e. The maximum atomic E-state index is 13.6. The Labute approximate surface area is 226 Å². The lowest BCUT2D eigenvalue weighted by Gasteiger charge is -2.17. The molecule has 0 radical (unpaired) electrons. The van der Waals surface area contributed by atoms with E-state index in [0.29, 0.717) is 21.8 Å². The van der Waals surface area contributed by atoms with E-state index in [-0.39, 0.29) is 35.3 Å². The average molecular weight is 547 g/mol. The Balaban J connectivity index is 1.74. The van der Waals surface area contributed by atoms with E-state index in [1.165, 1.54) is 30.6 Å². The zero-order chi connectivity index (χ0) is 28.1. The van der Waals surface area contributed by atoms with E-state index in [1.54, 1.807) is 60.2 Å². The number of hydrogen-bond donors (Lipinski definition) is 1. The number of aromatic nitrogens is 2. The number of nitrogens with zero attached hydrogens (tertiary/aromatic N) is 3. The van der Waals surface area contributed by atoms with Gasteiger partial charge in [-0.1, -0.05) is 30.3 Å². The van der Waals surface area contributed by atoms with Crippen LogP contribution in [0.2, 0.25) is 0 Å². The van der Waals surface area contributed by atoms with Crippen molar-refractivity contribution >= 4 is 16.7 Å². The van der Waals surface area contributed by atoms with Gasteiger partial charge in [0.1, 0.15) is 11.6 Å². The fraction of sp³-hybridized carbons (Fsp3) is 0.172. The van der Waals surface area contributed by atoms with Gasteiger partial charge in [0.25, 0.3) is 12.3 Å². The molecule has 4 aromatic rings. The first-order valence-electron chi connectivity index (χ1n) is 11.9. The Morgan fingerprint density at radius 2 is 1.90 bits per heavy atom. The number of carbonyl (C=O) groups is 1. The van der Waals surface area contributed by atoms with Crippen molar-refractivity contribution in [3.05, 3.63) is 117 Å². The highest BCUT2D eigenvalue weighted by Crippen LogP contribution is 2.27. The van der Waals surface area contributed by atoms with Gasteiger partial charge in [-0.2, -0.15) is 5.26 Å². The summed E-state index contributed by atoms with van der Waals surface area (Å²) in [4.78, 5) is 31.7. The van der Waals surface area contributed by atoms with Gasteiger partial charge >= 0.3 is 0 Å². The van der Waals surface area contributed by atoms with E-state index in [2.05, 4.69) is 10.3 Å². The highest BCUT2D eigenvalue weighted by Gasteiger charge is 2.21. The molecular weight excluding hydrogens is 522 g/mol. The second kappa shape index (κ2) is 11.9. The molecule has 2 aromatic carbocycles. The largest absolute Gasteiger partial charge is 0.348 e. The number of nitrogens with one attached hydrogen (secondary N) is 1. The third kappa shape index (κ3) is 6.33. The highest BCUT2D eigenvalue weighted by atomic mass is 32.2. The molecular formula is C29H24F2N4O3S. The number of nitriles is 1. The third-order valence-corrected chi connectivity index (χ3v) is 7.15. The molecule has 1 amide bonds. The van der Waals surface area contributed by atoms with Crippen molar-refractivity contribution in [2.45, 2.75) is 31.3 Å². The van der Waals surface area contributed by atoms with Crippen LogP contribution >= 0.6 is 0 Å². The first-order valence-corrected chi connectivity index (χ1v) is 13.4. The summed E-state index contributed by atoms with van der Waals surface area (Å²) in [6.45, 7) is 1.97. The van der Waals surface area contributed by atoms with Crippen molar-refractivity contribution in [2.24, 2.45) is 0 Å². The molecule has 198 valence electrons. The van der Waals surface area contributed by atoms with E-state index < -0.39 is 28.6 Å². The van der Waals surface area contributed by atoms with Gasteiger partial charge in [0.15, 0.2) is 0 Å². The molecule has 0 aliphatic carbocycles. The molecule has 1 atom stereocenters. The lowest BCUT2D eigenvalue weighted by Crippen LogP contribution is -2.31. The van der Waals surface area contributed by atoms with Gasteiger partial charge in [-0.15, -0.1) is 0 Å². The van der Waals surface area contributed by atoms with E-state index >= 15 is 0 Å². The minimum Gasteiger partial charge on any atom is -0.348 e. The van der Waals surface area contributed by atoms with E-state index in [1.807, 2.05) is 6.07 Å². The first kappa shape index (κ1) is 27.5. The Hall–Kier alpha value is -4.49. The molecule has 4 rings (SSSR count). The molecule has 0 aliphatic rings. The summed E-state index contributed by atoms with van der Waals surface area (Å²) in [5.74, 6) is -0.629. The van der Waals surface area contributed by atoms with Gasteiger partial charge in [-0.05, 0) is 48.4 Å². The lowest BCUT2D eigenvalue weighted by atomic mass is 9.99. The lowest BCUT2D eigenvalue weighted by molar-refractivity contribution is 0.0949. The van der Waals surface area contributed by atoms with Gasteiger partial charge in [0, 0.05) is 57.7 Å². The average Bonchev–Trinajstić information content (AvgIpc) is 2.94. The number of rotatable bonds is 8. The second-order valence-electron chi connectivity index (χ2n) is 8.82. The van der Waals surface area contributed by atoms with Crippen LogP contribution in [0.4, 0.5) is 8.78 Å². The molecule has 1 unspecified atom stereocenters. The third-order valence-electron chi connectivity index (χ3n) is 6.22. The van der Waals surface area contributed by atoms with Crippen LogP contribution in [0.15, 0.2) is 82.7 Å². The van der Waals surface area contributed by atoms with Gasteiger partial charge in [-0.25, -0.2) is 8.78 Å². The summed E-state index contributed by atoms with van der Waals surface area (Å²) in [6.07, 6.45) is 1.70. The fourth-order valence-electron chi connectivity index (χ4n) is 4.08. The summed E-state index contributed by atoms with van der Waals surface area (Å²) in [6, 6.07) is 17.7. The van der Waals surface area contributed by atoms with E-state index in [9.17, 15) is 22.6 Å². The number of pyridine rings is 2. The summed E-state index contributed by atoms with van der Waals surface area (Å²) in [5.41, 5.74) is 1.61. The van der Waals surface area contributed by atoms with Gasteiger partial charge in [-0.3, -0.25) is 18.8 Å². The summed E-state index contributed by atoms with van der Waals surface area (Å²) in [7, 11) is -1.13. The Kier molecular flexibility index (Phi) is 8.42. The quantitative estimate of drug-likeness (QED) is 0.344. The molecule has 2 aromatic heterocycles. The zero-order valence-electron chi connectivity index (χ0n) is 21.2. The number of halogens is 2. The maximum absolute atomic E-state index is 13.6. The molecule has 0 bridgehead atoms. The van der Waals surface area contributed by atoms with Gasteiger partial charge in [0.05, 0.1) is 17.8 Å². The normalized spacial score (nSPS) is 11.7. The Morgan fingerprint density at radius 1 is 1.15 bits per heavy atom. The molecule has 39 heavy (non-hydrogen) atoms. The van der Waals surface area contributed by atoms with Crippen LogP contribution in [0.1, 0.15) is 44.9 Å². The number of carbonyl (C=O) groups excluding carboxylic acids is 1. The minimum absolute atomic E-state index is 0.121. The number of hydrogen-bond acceptors (Lipinski definition) is 5. The van der Waals surface area contributed by atoms with Crippen LogP contribution in [0.3, 0.4) is 0 Å². The van der Waals surface area contributed by atoms with Crippen LogP contribution in [-0.4, -0.2) is 25.9 Å². The molecule has 0 saturated heterocycles. The van der Waals surface area contributed by atoms with Crippen molar-refractivity contribution in [3.8, 4) is 17.2 Å². The van der Waals surface area contributed by atoms with Crippen molar-refractivity contribution in [3.63, 3.8) is 0 Å². The van der Waals surface area contributed by atoms with Crippen LogP contribution < -0.4 is 10.7 Å². The second-order valence-corrected chi connectivity index (χ2v) is 10.2. The van der Waals surface area contributed by atoms with E-state index in [0.717, 1.165) is 5.56 Å². The van der Waals surface area contributed by atoms with Crippen molar-refractivity contribution in [1.29, 1.82) is 5.26 Å². The molecule has 2 heterocycles. The van der Waals surface area contributed by atoms with Crippen LogP contribution in [0, 0.1) is 18.3 Å². The molecule has 1 N–H and O–H groups in total. The summed E-state index contributed by atoms with van der Waals surface area (Å²) in [5, 5.41) is 11.8. The number of alkyl halides is 2. The molecule has 0 spiro atoms. The van der Waals surface area contributed by atoms with Crippen LogP contribution in [0.25, 0.3) is 11.1 Å².